The third-order valence-corrected chi connectivity index (χ3v) is 4.53. The van der Waals surface area contributed by atoms with Crippen molar-refractivity contribution in [1.82, 2.24) is 0 Å². The van der Waals surface area contributed by atoms with Gasteiger partial charge in [-0.2, -0.15) is 0 Å². The lowest BCUT2D eigenvalue weighted by atomic mass is 9.75. The maximum atomic E-state index is 11.1. The molecule has 1 nitrogen and oxygen atoms in total. The summed E-state index contributed by atoms with van der Waals surface area (Å²) >= 11 is 0. The average molecular weight is 208 g/mol. The van der Waals surface area contributed by atoms with Crippen molar-refractivity contribution in [2.24, 2.45) is 17.3 Å². The average Bonchev–Trinajstić information content (AvgIpc) is 2.39. The molecule has 0 N–H and O–H groups in total. The number of carbonyl (C=O) groups excluding carboxylic acids is 1. The normalized spacial score (nSPS) is 30.6. The van der Waals surface area contributed by atoms with Crippen LogP contribution in [0.2, 0.25) is 0 Å². The van der Waals surface area contributed by atoms with Gasteiger partial charge in [0.15, 0.2) is 5.78 Å². The molecule has 0 radical (unpaired) electrons. The van der Waals surface area contributed by atoms with E-state index in [1.54, 1.807) is 6.92 Å². The van der Waals surface area contributed by atoms with Gasteiger partial charge in [0.1, 0.15) is 0 Å². The molecule has 1 rings (SSSR count). The van der Waals surface area contributed by atoms with Crippen LogP contribution in [0.4, 0.5) is 0 Å². The molecule has 0 amide bonds. The Morgan fingerprint density at radius 1 is 1.33 bits per heavy atom. The predicted molar refractivity (Wildman–Crippen MR) is 64.7 cm³/mol. The summed E-state index contributed by atoms with van der Waals surface area (Å²) < 4.78 is 0. The quantitative estimate of drug-likeness (QED) is 0.641. The molecule has 0 aliphatic heterocycles. The highest BCUT2D eigenvalue weighted by Gasteiger charge is 2.39. The molecule has 0 heterocycles. The Morgan fingerprint density at radius 2 is 1.93 bits per heavy atom. The van der Waals surface area contributed by atoms with E-state index in [9.17, 15) is 4.79 Å². The molecule has 0 aromatic heterocycles. The zero-order valence-corrected chi connectivity index (χ0v) is 10.8. The first-order chi connectivity index (χ1) is 6.85. The van der Waals surface area contributed by atoms with E-state index in [2.05, 4.69) is 26.8 Å². The van der Waals surface area contributed by atoms with Gasteiger partial charge < -0.3 is 0 Å². The van der Waals surface area contributed by atoms with Gasteiger partial charge in [0.05, 0.1) is 0 Å². The van der Waals surface area contributed by atoms with E-state index in [-0.39, 0.29) is 5.78 Å². The van der Waals surface area contributed by atoms with Crippen LogP contribution in [0.25, 0.3) is 0 Å². The van der Waals surface area contributed by atoms with Crippen molar-refractivity contribution in [2.45, 2.75) is 53.9 Å². The summed E-state index contributed by atoms with van der Waals surface area (Å²) in [5.74, 6) is 1.77. The lowest BCUT2D eigenvalue weighted by Crippen LogP contribution is -2.23. The molecule has 1 heteroatoms. The number of rotatable bonds is 3. The second kappa shape index (κ2) is 4.51. The summed E-state index contributed by atoms with van der Waals surface area (Å²) in [6.07, 6.45) is 5.86. The fourth-order valence-corrected chi connectivity index (χ4v) is 2.48. The largest absolute Gasteiger partial charge is 0.295 e. The van der Waals surface area contributed by atoms with E-state index in [0.29, 0.717) is 5.41 Å². The monoisotopic (exact) mass is 208 g/mol. The van der Waals surface area contributed by atoms with Gasteiger partial charge in [-0.05, 0) is 55.9 Å². The first kappa shape index (κ1) is 12.5. The summed E-state index contributed by atoms with van der Waals surface area (Å²) in [7, 11) is 0. The minimum absolute atomic E-state index is 0.207. The maximum Gasteiger partial charge on any atom is 0.155 e. The number of carbonyl (C=O) groups is 1. The van der Waals surface area contributed by atoms with Crippen molar-refractivity contribution in [3.8, 4) is 0 Å². The first-order valence-electron chi connectivity index (χ1n) is 6.03. The number of hydrogen-bond donors (Lipinski definition) is 0. The summed E-state index contributed by atoms with van der Waals surface area (Å²) in [5.41, 5.74) is 1.36. The van der Waals surface area contributed by atoms with E-state index in [1.165, 1.54) is 12.8 Å². The molecule has 0 bridgehead atoms. The Bertz CT molecular complexity index is 273. The molecule has 1 aliphatic rings. The van der Waals surface area contributed by atoms with Gasteiger partial charge in [0.25, 0.3) is 0 Å². The minimum atomic E-state index is 0.207. The van der Waals surface area contributed by atoms with E-state index < -0.39 is 0 Å². The predicted octanol–water partition coefficient (Wildman–Crippen LogP) is 3.98. The highest BCUT2D eigenvalue weighted by Crippen LogP contribution is 2.48. The van der Waals surface area contributed by atoms with Crippen LogP contribution in [0.3, 0.4) is 0 Å². The molecule has 1 aliphatic carbocycles. The molecule has 0 saturated heterocycles. The molecule has 2 atom stereocenters. The summed E-state index contributed by atoms with van der Waals surface area (Å²) in [6, 6.07) is 0. The Hall–Kier alpha value is -0.590. The van der Waals surface area contributed by atoms with Gasteiger partial charge in [0, 0.05) is 0 Å². The number of ketones is 1. The van der Waals surface area contributed by atoms with E-state index in [4.69, 9.17) is 0 Å². The Kier molecular flexibility index (Phi) is 3.75. The second-order valence-electron chi connectivity index (χ2n) is 5.68. The van der Waals surface area contributed by atoms with Crippen molar-refractivity contribution < 1.29 is 4.79 Å². The molecule has 0 spiro atoms. The summed E-state index contributed by atoms with van der Waals surface area (Å²) in [5, 5.41) is 0. The van der Waals surface area contributed by atoms with Crippen LogP contribution in [0.15, 0.2) is 11.6 Å². The molecule has 1 fully saturated rings. The van der Waals surface area contributed by atoms with Crippen LogP contribution in [0.5, 0.6) is 0 Å². The smallest absolute Gasteiger partial charge is 0.155 e. The van der Waals surface area contributed by atoms with Gasteiger partial charge in [-0.15, -0.1) is 0 Å². The van der Waals surface area contributed by atoms with Gasteiger partial charge in [-0.1, -0.05) is 26.8 Å². The van der Waals surface area contributed by atoms with E-state index in [0.717, 1.165) is 23.8 Å². The lowest BCUT2D eigenvalue weighted by Gasteiger charge is -2.30. The molecule has 15 heavy (non-hydrogen) atoms. The van der Waals surface area contributed by atoms with Crippen molar-refractivity contribution >= 4 is 5.78 Å². The van der Waals surface area contributed by atoms with Crippen LogP contribution >= 0.6 is 0 Å². The van der Waals surface area contributed by atoms with Crippen molar-refractivity contribution in [3.63, 3.8) is 0 Å². The molecular weight excluding hydrogens is 184 g/mol. The summed E-state index contributed by atoms with van der Waals surface area (Å²) in [6.45, 7) is 10.7. The van der Waals surface area contributed by atoms with E-state index >= 15 is 0 Å². The van der Waals surface area contributed by atoms with Crippen LogP contribution in [-0.4, -0.2) is 5.78 Å². The molecule has 2 unspecified atom stereocenters. The highest BCUT2D eigenvalue weighted by molar-refractivity contribution is 5.92. The summed E-state index contributed by atoms with van der Waals surface area (Å²) in [4.78, 5) is 11.1. The first-order valence-corrected chi connectivity index (χ1v) is 6.03. The Labute approximate surface area is 93.9 Å². The Balaban J connectivity index is 2.61. The van der Waals surface area contributed by atoms with Crippen LogP contribution < -0.4 is 0 Å². The van der Waals surface area contributed by atoms with Crippen molar-refractivity contribution in [1.29, 1.82) is 0 Å². The third kappa shape index (κ3) is 2.70. The van der Waals surface area contributed by atoms with Crippen LogP contribution in [0, 0.1) is 17.3 Å². The van der Waals surface area contributed by atoms with Gasteiger partial charge in [-0.3, -0.25) is 4.79 Å². The van der Waals surface area contributed by atoms with Gasteiger partial charge in [0.2, 0.25) is 0 Å². The molecule has 86 valence electrons. The highest BCUT2D eigenvalue weighted by atomic mass is 16.1. The van der Waals surface area contributed by atoms with Crippen molar-refractivity contribution in [2.75, 3.05) is 0 Å². The van der Waals surface area contributed by atoms with Gasteiger partial charge >= 0.3 is 0 Å². The number of Topliss-reactive ketones (excluding diaryl/α,β-unsaturated/α-hetero) is 1. The topological polar surface area (TPSA) is 17.1 Å². The van der Waals surface area contributed by atoms with Crippen molar-refractivity contribution in [3.05, 3.63) is 11.6 Å². The molecular formula is C14H24O. The minimum Gasteiger partial charge on any atom is -0.295 e. The van der Waals surface area contributed by atoms with Crippen LogP contribution in [0.1, 0.15) is 53.9 Å². The van der Waals surface area contributed by atoms with Crippen LogP contribution in [-0.2, 0) is 4.79 Å². The lowest BCUT2D eigenvalue weighted by molar-refractivity contribution is -0.113. The maximum absolute atomic E-state index is 11.1. The fourth-order valence-electron chi connectivity index (χ4n) is 2.48. The van der Waals surface area contributed by atoms with E-state index in [1.807, 2.05) is 6.92 Å². The van der Waals surface area contributed by atoms with Gasteiger partial charge in [-0.25, -0.2) is 0 Å². The SMILES string of the molecule is CC(=O)/C(C)=C/CC1CCC(C)C1(C)C. The fraction of sp³-hybridized carbons (Fsp3) is 0.786. The number of hydrogen-bond acceptors (Lipinski definition) is 1. The molecule has 0 aromatic rings. The Morgan fingerprint density at radius 3 is 2.33 bits per heavy atom. The zero-order chi connectivity index (χ0) is 11.6. The molecule has 0 aromatic carbocycles. The zero-order valence-electron chi connectivity index (χ0n) is 10.8. The standard InChI is InChI=1S/C14H24O/c1-10(12(3)15)6-8-13-9-7-11(2)14(13,4)5/h6,11,13H,7-9H2,1-5H3/b10-6+. The third-order valence-electron chi connectivity index (χ3n) is 4.53. The number of allylic oxidation sites excluding steroid dienone is 2. The second-order valence-corrected chi connectivity index (χ2v) is 5.68. The molecule has 1 saturated carbocycles.